The molecule has 1 amide bonds. The molecule has 0 spiro atoms. The molecular weight excluding hydrogens is 282 g/mol. The van der Waals surface area contributed by atoms with Crippen molar-refractivity contribution >= 4 is 11.6 Å². The average molecular weight is 303 g/mol. The third-order valence-electron chi connectivity index (χ3n) is 4.18. The Labute approximate surface area is 128 Å². The highest BCUT2D eigenvalue weighted by Crippen LogP contribution is 2.18. The number of hydrogen-bond donors (Lipinski definition) is 0. The van der Waals surface area contributed by atoms with Crippen molar-refractivity contribution in [3.63, 3.8) is 0 Å². The molecule has 0 saturated carbocycles. The van der Waals surface area contributed by atoms with Gasteiger partial charge in [-0.1, -0.05) is 6.07 Å². The van der Waals surface area contributed by atoms with Gasteiger partial charge in [-0.05, 0) is 31.5 Å². The summed E-state index contributed by atoms with van der Waals surface area (Å²) in [6.07, 6.45) is 3.62. The van der Waals surface area contributed by atoms with Crippen molar-refractivity contribution in [2.45, 2.75) is 25.4 Å². The molecule has 3 heterocycles. The fourth-order valence-electron chi connectivity index (χ4n) is 3.01. The van der Waals surface area contributed by atoms with Crippen LogP contribution >= 0.6 is 0 Å². The summed E-state index contributed by atoms with van der Waals surface area (Å²) in [7, 11) is 3.57. The van der Waals surface area contributed by atoms with Gasteiger partial charge in [-0.2, -0.15) is 0 Å². The summed E-state index contributed by atoms with van der Waals surface area (Å²) in [5, 5.41) is 4.32. The number of amides is 1. The molecule has 1 aliphatic rings. The summed E-state index contributed by atoms with van der Waals surface area (Å²) < 4.78 is 3.01. The molecule has 1 atom stereocenters. The average Bonchev–Trinajstić information content (AvgIpc) is 3.09. The summed E-state index contributed by atoms with van der Waals surface area (Å²) in [5.41, 5.74) is 0.514. The molecule has 1 fully saturated rings. The van der Waals surface area contributed by atoms with Crippen LogP contribution in [0.5, 0.6) is 0 Å². The van der Waals surface area contributed by atoms with Crippen LogP contribution in [0, 0.1) is 0 Å². The molecule has 0 aromatic carbocycles. The van der Waals surface area contributed by atoms with Crippen molar-refractivity contribution in [1.29, 1.82) is 0 Å². The van der Waals surface area contributed by atoms with E-state index in [1.165, 1.54) is 9.08 Å². The fraction of sp³-hybridized carbons (Fsp3) is 0.533. The van der Waals surface area contributed by atoms with Gasteiger partial charge >= 0.3 is 5.69 Å². The van der Waals surface area contributed by atoms with Crippen LogP contribution in [0.3, 0.4) is 0 Å². The maximum Gasteiger partial charge on any atom is 0.350 e. The summed E-state index contributed by atoms with van der Waals surface area (Å²) >= 11 is 0. The molecular formula is C15H21N5O2. The summed E-state index contributed by atoms with van der Waals surface area (Å²) in [6.45, 7) is 2.05. The standard InChI is InChI=1S/C15H21N5O2/c1-17(2)14(21)12-6-5-8-18(12)10-11-20-15(22)19-9-4-3-7-13(19)16-20/h3-4,7,9,12H,5-6,8,10-11H2,1-2H3/t12-/m0/s1. The van der Waals surface area contributed by atoms with E-state index in [9.17, 15) is 9.59 Å². The molecule has 1 aliphatic heterocycles. The number of rotatable bonds is 4. The van der Waals surface area contributed by atoms with Gasteiger partial charge in [0.1, 0.15) is 0 Å². The van der Waals surface area contributed by atoms with Crippen LogP contribution in [-0.2, 0) is 11.3 Å². The Balaban J connectivity index is 1.72. The van der Waals surface area contributed by atoms with Gasteiger partial charge in [0, 0.05) is 26.8 Å². The van der Waals surface area contributed by atoms with Gasteiger partial charge in [-0.15, -0.1) is 5.10 Å². The third kappa shape index (κ3) is 2.64. The molecule has 22 heavy (non-hydrogen) atoms. The van der Waals surface area contributed by atoms with Gasteiger partial charge < -0.3 is 4.90 Å². The normalized spacial score (nSPS) is 18.9. The smallest absolute Gasteiger partial charge is 0.347 e. The van der Waals surface area contributed by atoms with Crippen molar-refractivity contribution in [3.8, 4) is 0 Å². The van der Waals surface area contributed by atoms with E-state index in [2.05, 4.69) is 10.00 Å². The second-order valence-corrected chi connectivity index (χ2v) is 5.86. The molecule has 0 radical (unpaired) electrons. The lowest BCUT2D eigenvalue weighted by atomic mass is 10.2. The first kappa shape index (κ1) is 14.8. The predicted octanol–water partition coefficient (Wildman–Crippen LogP) is 0.0486. The highest BCUT2D eigenvalue weighted by atomic mass is 16.2. The number of likely N-dealkylation sites (N-methyl/N-ethyl adjacent to an activating group) is 1. The Bertz CT molecular complexity index is 733. The molecule has 2 aromatic rings. The molecule has 0 unspecified atom stereocenters. The fourth-order valence-corrected chi connectivity index (χ4v) is 3.01. The molecule has 0 bridgehead atoms. The predicted molar refractivity (Wildman–Crippen MR) is 82.7 cm³/mol. The zero-order valence-corrected chi connectivity index (χ0v) is 13.0. The van der Waals surface area contributed by atoms with Crippen LogP contribution in [-0.4, -0.2) is 63.1 Å². The lowest BCUT2D eigenvalue weighted by molar-refractivity contribution is -0.133. The number of nitrogens with zero attached hydrogens (tertiary/aromatic N) is 5. The van der Waals surface area contributed by atoms with E-state index in [1.54, 1.807) is 25.2 Å². The zero-order valence-electron chi connectivity index (χ0n) is 13.0. The summed E-state index contributed by atoms with van der Waals surface area (Å²) in [5.74, 6) is 0.139. The number of fused-ring (bicyclic) bond motifs is 1. The molecule has 7 nitrogen and oxygen atoms in total. The van der Waals surface area contributed by atoms with Crippen molar-refractivity contribution in [3.05, 3.63) is 34.9 Å². The Hall–Kier alpha value is -2.15. The largest absolute Gasteiger partial charge is 0.350 e. The Morgan fingerprint density at radius 2 is 2.18 bits per heavy atom. The first-order valence-electron chi connectivity index (χ1n) is 7.57. The quantitative estimate of drug-likeness (QED) is 0.800. The zero-order chi connectivity index (χ0) is 15.7. The first-order valence-corrected chi connectivity index (χ1v) is 7.57. The number of likely N-dealkylation sites (tertiary alicyclic amines) is 1. The Morgan fingerprint density at radius 1 is 1.36 bits per heavy atom. The van der Waals surface area contributed by atoms with Crippen LogP contribution < -0.4 is 5.69 Å². The molecule has 0 N–H and O–H groups in total. The maximum atomic E-state index is 12.2. The second kappa shape index (κ2) is 5.92. The molecule has 1 saturated heterocycles. The second-order valence-electron chi connectivity index (χ2n) is 5.86. The highest BCUT2D eigenvalue weighted by molar-refractivity contribution is 5.81. The van der Waals surface area contributed by atoms with Gasteiger partial charge in [0.25, 0.3) is 0 Å². The maximum absolute atomic E-state index is 12.2. The van der Waals surface area contributed by atoms with E-state index in [4.69, 9.17) is 0 Å². The number of pyridine rings is 1. The van der Waals surface area contributed by atoms with E-state index < -0.39 is 0 Å². The van der Waals surface area contributed by atoms with Crippen molar-refractivity contribution in [1.82, 2.24) is 24.0 Å². The van der Waals surface area contributed by atoms with Gasteiger partial charge in [0.15, 0.2) is 5.65 Å². The monoisotopic (exact) mass is 303 g/mol. The highest BCUT2D eigenvalue weighted by Gasteiger charge is 2.31. The lowest BCUT2D eigenvalue weighted by Gasteiger charge is -2.25. The number of carbonyl (C=O) groups excluding carboxylic acids is 1. The van der Waals surface area contributed by atoms with E-state index >= 15 is 0 Å². The molecule has 3 rings (SSSR count). The van der Waals surface area contributed by atoms with Gasteiger partial charge in [-0.25, -0.2) is 9.48 Å². The van der Waals surface area contributed by atoms with Crippen LogP contribution in [0.2, 0.25) is 0 Å². The van der Waals surface area contributed by atoms with Crippen LogP contribution in [0.15, 0.2) is 29.2 Å². The minimum atomic E-state index is -0.134. The van der Waals surface area contributed by atoms with E-state index in [0.717, 1.165) is 19.4 Å². The van der Waals surface area contributed by atoms with Crippen LogP contribution in [0.25, 0.3) is 5.65 Å². The number of aromatic nitrogens is 3. The number of carbonyl (C=O) groups is 1. The molecule has 2 aromatic heterocycles. The first-order chi connectivity index (χ1) is 10.6. The minimum Gasteiger partial charge on any atom is -0.347 e. The van der Waals surface area contributed by atoms with Gasteiger partial charge in [0.2, 0.25) is 5.91 Å². The van der Waals surface area contributed by atoms with Crippen molar-refractivity contribution < 1.29 is 4.79 Å². The lowest BCUT2D eigenvalue weighted by Crippen LogP contribution is -2.44. The van der Waals surface area contributed by atoms with Gasteiger partial charge in [-0.3, -0.25) is 14.1 Å². The summed E-state index contributed by atoms with van der Waals surface area (Å²) in [4.78, 5) is 28.2. The van der Waals surface area contributed by atoms with Crippen molar-refractivity contribution in [2.75, 3.05) is 27.2 Å². The minimum absolute atomic E-state index is 0.0669. The topological polar surface area (TPSA) is 62.9 Å². The number of hydrogen-bond acceptors (Lipinski definition) is 4. The SMILES string of the molecule is CN(C)C(=O)[C@@H]1CCCN1CCn1nc2ccccn2c1=O. The van der Waals surface area contributed by atoms with E-state index in [1.807, 2.05) is 18.2 Å². The Morgan fingerprint density at radius 3 is 2.91 bits per heavy atom. The molecule has 7 heteroatoms. The van der Waals surface area contributed by atoms with E-state index in [-0.39, 0.29) is 17.6 Å². The molecule has 118 valence electrons. The molecule has 0 aliphatic carbocycles. The van der Waals surface area contributed by atoms with Crippen molar-refractivity contribution in [2.24, 2.45) is 0 Å². The third-order valence-corrected chi connectivity index (χ3v) is 4.18. The summed E-state index contributed by atoms with van der Waals surface area (Å²) in [6, 6.07) is 5.42. The van der Waals surface area contributed by atoms with Crippen LogP contribution in [0.4, 0.5) is 0 Å². The van der Waals surface area contributed by atoms with Gasteiger partial charge in [0.05, 0.1) is 12.6 Å². The van der Waals surface area contributed by atoms with Crippen LogP contribution in [0.1, 0.15) is 12.8 Å². The van der Waals surface area contributed by atoms with E-state index in [0.29, 0.717) is 18.7 Å². The Kier molecular flexibility index (Phi) is 3.98.